The van der Waals surface area contributed by atoms with Gasteiger partial charge in [0, 0.05) is 108 Å². The van der Waals surface area contributed by atoms with Crippen molar-refractivity contribution in [2.75, 3.05) is 79.5 Å². The predicted octanol–water partition coefficient (Wildman–Crippen LogP) is 18.6. The van der Waals surface area contributed by atoms with Crippen molar-refractivity contribution in [3.8, 4) is 0 Å². The molecule has 5 fully saturated rings. The Hall–Kier alpha value is -9.21. The van der Waals surface area contributed by atoms with Crippen molar-refractivity contribution in [3.63, 3.8) is 0 Å². The standard InChI is InChI=1S/2C22H23F3N2O.C22H22F3NO.C21H21F3N2O.C5H9F2N.CH4.ClH/c2*1-26-13-17(22(24,25)14-26)12-20(28)27-11-10-15-4-2-3-5-19(15)21(27)16-6-8-18(23)9-7-16;23-18-9-7-16(8-10-18)21-19-6-2-1-4-15(19)11-13-26(21)20(27)14-17-5-3-12-22(17,24)25;22-17-7-5-15(6-8-17)20-18-4-2-1-3-14(18)9-10-26(20)19(27)11-16-12-25-13-21(16,23)24;6-5(7)3-1-2-4(5)8;;/h2*2-9,17,21H,10-14H2,1H3;1-2,4,6-10,17,21H,3,5,11-14H2;1-8,16,20,25H,9-13H2;4H,1-3,8H2;1H4;1H/t17-,21+;17-,21-;17?,21-;16?,20-;;;/m1000.../s1. The van der Waals surface area contributed by atoms with E-state index in [-0.39, 0.29) is 169 Å². The summed E-state index contributed by atoms with van der Waals surface area (Å²) in [5.74, 6) is -20.2. The summed E-state index contributed by atoms with van der Waals surface area (Å²) in [5, 5.41) is 2.67. The molecule has 12 nitrogen and oxygen atoms in total. The summed E-state index contributed by atoms with van der Waals surface area (Å²) >= 11 is 0. The van der Waals surface area contributed by atoms with E-state index in [2.05, 4.69) is 5.32 Å². The first-order valence-electron chi connectivity index (χ1n) is 40.5. The van der Waals surface area contributed by atoms with Crippen molar-refractivity contribution in [1.29, 1.82) is 0 Å². The minimum atomic E-state index is -2.87. The van der Waals surface area contributed by atoms with Crippen molar-refractivity contribution in [2.45, 2.75) is 157 Å². The highest BCUT2D eigenvalue weighted by Gasteiger charge is 2.52. The van der Waals surface area contributed by atoms with Gasteiger partial charge in [0.15, 0.2) is 0 Å². The highest BCUT2D eigenvalue weighted by Crippen LogP contribution is 2.47. The van der Waals surface area contributed by atoms with Crippen LogP contribution in [0.1, 0.15) is 163 Å². The van der Waals surface area contributed by atoms with Gasteiger partial charge in [0.1, 0.15) is 23.3 Å². The number of rotatable bonds is 12. The van der Waals surface area contributed by atoms with Crippen molar-refractivity contribution < 1.29 is 80.6 Å². The highest BCUT2D eigenvalue weighted by atomic mass is 35.5. The molecule has 2 saturated carbocycles. The molecule has 8 aromatic rings. The number of carbonyl (C=O) groups excluding carboxylic acids is 4. The Labute approximate surface area is 698 Å². The molecule has 4 amide bonds. The third-order valence-corrected chi connectivity index (χ3v) is 24.6. The molecule has 120 heavy (non-hydrogen) atoms. The van der Waals surface area contributed by atoms with Crippen LogP contribution in [0.2, 0.25) is 0 Å². The Bertz CT molecular complexity index is 4510. The number of benzene rings is 8. The number of nitrogens with two attached hydrogens (primary N) is 1. The second kappa shape index (κ2) is 38.9. The lowest BCUT2D eigenvalue weighted by Gasteiger charge is -2.38. The van der Waals surface area contributed by atoms with Gasteiger partial charge in [0.25, 0.3) is 29.6 Å². The van der Waals surface area contributed by atoms with E-state index in [9.17, 15) is 80.6 Å². The van der Waals surface area contributed by atoms with Crippen molar-refractivity contribution in [2.24, 2.45) is 29.4 Å². The summed E-state index contributed by atoms with van der Waals surface area (Å²) in [6.07, 6.45) is 3.81. The Morgan fingerprint density at radius 1 is 0.367 bits per heavy atom. The van der Waals surface area contributed by atoms with E-state index in [4.69, 9.17) is 5.73 Å². The molecule has 0 spiro atoms. The quantitative estimate of drug-likeness (QED) is 0.116. The highest BCUT2D eigenvalue weighted by molar-refractivity contribution is 5.85. The van der Waals surface area contributed by atoms with Gasteiger partial charge in [-0.3, -0.25) is 19.2 Å². The second-order valence-corrected chi connectivity index (χ2v) is 32.8. The minimum Gasteiger partial charge on any atom is -0.331 e. The van der Waals surface area contributed by atoms with Crippen LogP contribution in [0.4, 0.5) is 61.5 Å². The molecule has 0 radical (unpaired) electrons. The van der Waals surface area contributed by atoms with E-state index in [1.165, 1.54) is 48.5 Å². The monoisotopic (exact) mass is 1700 g/mol. The molecule has 3 unspecified atom stereocenters. The number of nitrogens with one attached hydrogen (secondary N) is 1. The summed E-state index contributed by atoms with van der Waals surface area (Å²) in [5.41, 5.74) is 16.7. The SMILES string of the molecule is C.CN1C[C@@H](CC(=O)N2CCc3ccccc3[C@@H]2c2ccc(F)cc2)C(F)(F)C1.CN1C[C@H](CC(=O)N2CCc3ccccc3[C@@H]2c2ccc(F)cc2)C(F)(F)C1.Cl.NC1CCCC1(F)F.O=C(CC1CCCC1(F)F)N1CCc2ccccc2[C@@H]1c1ccc(F)cc1.O=C(CC1CNCC1(F)F)N1CCc2ccccc2[C@@H]1c1ccc(F)cc1. The normalized spacial score (nSPS) is 24.4. The maximum Gasteiger partial charge on any atom is 0.265 e. The molecule has 644 valence electrons. The number of likely N-dealkylation sites (tertiary alicyclic amines) is 2. The fourth-order valence-electron chi connectivity index (χ4n) is 18.4. The van der Waals surface area contributed by atoms with Crippen LogP contribution in [0.15, 0.2) is 194 Å². The second-order valence-electron chi connectivity index (χ2n) is 32.8. The Balaban J connectivity index is 0.000000151. The van der Waals surface area contributed by atoms with Crippen LogP contribution in [-0.4, -0.2) is 168 Å². The van der Waals surface area contributed by atoms with Gasteiger partial charge in [-0.15, -0.1) is 12.4 Å². The molecule has 9 atom stereocenters. The van der Waals surface area contributed by atoms with E-state index in [0.29, 0.717) is 77.5 Å². The summed E-state index contributed by atoms with van der Waals surface area (Å²) in [6.45, 7) is 1.44. The molecule has 0 aromatic heterocycles. The molecule has 3 N–H and O–H groups in total. The molecule has 17 rings (SSSR count). The summed E-state index contributed by atoms with van der Waals surface area (Å²) < 4.78 is 191. The van der Waals surface area contributed by atoms with Gasteiger partial charge in [0.05, 0.1) is 49.8 Å². The van der Waals surface area contributed by atoms with Crippen LogP contribution in [0.25, 0.3) is 0 Å². The van der Waals surface area contributed by atoms with E-state index in [1.807, 2.05) is 97.1 Å². The van der Waals surface area contributed by atoms with Crippen LogP contribution in [0.3, 0.4) is 0 Å². The average molecular weight is 1700 g/mol. The van der Waals surface area contributed by atoms with Gasteiger partial charge < -0.3 is 40.4 Å². The predicted molar refractivity (Wildman–Crippen MR) is 435 cm³/mol. The molecule has 8 aromatic carbocycles. The molecule has 3 saturated heterocycles. The number of amides is 4. The summed E-state index contributed by atoms with van der Waals surface area (Å²) in [4.78, 5) is 62.1. The van der Waals surface area contributed by atoms with E-state index in [1.54, 1.807) is 92.0 Å². The fraction of sp³-hybridized carbons (Fsp3) is 0.441. The smallest absolute Gasteiger partial charge is 0.265 e. The summed E-state index contributed by atoms with van der Waals surface area (Å²) in [6, 6.07) is 53.3. The number of hydrogen-bond acceptors (Lipinski definition) is 8. The zero-order chi connectivity index (χ0) is 84.0. The number of hydrogen-bond donors (Lipinski definition) is 2. The van der Waals surface area contributed by atoms with Gasteiger partial charge in [-0.2, -0.15) is 0 Å². The van der Waals surface area contributed by atoms with Crippen LogP contribution < -0.4 is 11.1 Å². The summed E-state index contributed by atoms with van der Waals surface area (Å²) in [7, 11) is 3.30. The van der Waals surface area contributed by atoms with Crippen LogP contribution >= 0.6 is 12.4 Å². The first-order valence-corrected chi connectivity index (χ1v) is 40.5. The average Bonchev–Trinajstić information content (AvgIpc) is 0.803. The van der Waals surface area contributed by atoms with Crippen molar-refractivity contribution in [1.82, 2.24) is 34.7 Å². The Morgan fingerprint density at radius 3 is 0.875 bits per heavy atom. The van der Waals surface area contributed by atoms with Gasteiger partial charge >= 0.3 is 0 Å². The minimum absolute atomic E-state index is 0. The Morgan fingerprint density at radius 2 is 0.642 bits per heavy atom. The molecule has 7 aliphatic heterocycles. The zero-order valence-electron chi connectivity index (χ0n) is 66.2. The lowest BCUT2D eigenvalue weighted by Crippen LogP contribution is -2.42. The van der Waals surface area contributed by atoms with E-state index >= 15 is 0 Å². The van der Waals surface area contributed by atoms with Gasteiger partial charge in [0.2, 0.25) is 23.6 Å². The maximum absolute atomic E-state index is 14.2. The number of alkyl halides is 10. The number of fused-ring (bicyclic) bond motifs is 4. The first kappa shape index (κ1) is 91.5. The fourth-order valence-corrected chi connectivity index (χ4v) is 18.4. The number of nitrogens with zero attached hydrogens (tertiary/aromatic N) is 6. The van der Waals surface area contributed by atoms with Crippen molar-refractivity contribution >= 4 is 36.0 Å². The third kappa shape index (κ3) is 21.3. The van der Waals surface area contributed by atoms with Crippen molar-refractivity contribution in [3.05, 3.63) is 284 Å². The Kier molecular flexibility index (Phi) is 29.7. The zero-order valence-corrected chi connectivity index (χ0v) is 67.1. The number of halogens is 15. The largest absolute Gasteiger partial charge is 0.331 e. The van der Waals surface area contributed by atoms with Gasteiger partial charge in [-0.05, 0) is 181 Å². The van der Waals surface area contributed by atoms with Crippen LogP contribution in [0, 0.1) is 46.9 Å². The first-order chi connectivity index (χ1) is 56.2. The lowest BCUT2D eigenvalue weighted by molar-refractivity contribution is -0.138. The molecule has 7 heterocycles. The van der Waals surface area contributed by atoms with E-state index < -0.39 is 59.3 Å². The van der Waals surface area contributed by atoms with E-state index in [0.717, 1.165) is 66.8 Å². The van der Waals surface area contributed by atoms with Gasteiger partial charge in [-0.1, -0.05) is 153 Å². The van der Waals surface area contributed by atoms with Crippen LogP contribution in [0.5, 0.6) is 0 Å². The third-order valence-electron chi connectivity index (χ3n) is 24.6. The molecule has 2 aliphatic carbocycles. The topological polar surface area (TPSA) is 126 Å². The molecular weight excluding hydrogens is 1590 g/mol. The maximum atomic E-state index is 14.2. The molecule has 0 bridgehead atoms. The van der Waals surface area contributed by atoms with Crippen LogP contribution in [-0.2, 0) is 44.9 Å². The number of carbonyl (C=O) groups is 4. The molecule has 9 aliphatic rings. The van der Waals surface area contributed by atoms with Gasteiger partial charge in [-0.25, -0.2) is 61.5 Å². The molecular formula is C93H103ClF14N8O4. The molecule has 27 heteroatoms. The lowest BCUT2D eigenvalue weighted by atomic mass is 9.87.